The molecule has 4 atom stereocenters. The van der Waals surface area contributed by atoms with Crippen molar-refractivity contribution in [3.05, 3.63) is 70.7 Å². The van der Waals surface area contributed by atoms with E-state index in [4.69, 9.17) is 4.74 Å². The highest BCUT2D eigenvalue weighted by molar-refractivity contribution is 9.10. The fourth-order valence-corrected chi connectivity index (χ4v) is 4.84. The average molecular weight is 438 g/mol. The zero-order valence-electron chi connectivity index (χ0n) is 14.7. The van der Waals surface area contributed by atoms with Gasteiger partial charge in [-0.05, 0) is 66.8 Å². The lowest BCUT2D eigenvalue weighted by Gasteiger charge is -2.17. The molecule has 0 spiro atoms. The number of allylic oxidation sites excluding steroid dienone is 2. The predicted octanol–water partition coefficient (Wildman–Crippen LogP) is 3.98. The molecule has 2 aromatic carbocycles. The van der Waals surface area contributed by atoms with E-state index < -0.39 is 5.97 Å². The summed E-state index contributed by atoms with van der Waals surface area (Å²) in [6.45, 7) is 0. The number of amides is 2. The van der Waals surface area contributed by atoms with E-state index in [1.165, 1.54) is 4.90 Å². The molecule has 2 bridgehead atoms. The first-order chi connectivity index (χ1) is 13.5. The second-order valence-corrected chi connectivity index (χ2v) is 8.32. The van der Waals surface area contributed by atoms with Crippen molar-refractivity contribution in [2.45, 2.75) is 6.42 Å². The Morgan fingerprint density at radius 1 is 0.893 bits per heavy atom. The first-order valence-corrected chi connectivity index (χ1v) is 9.96. The number of ether oxygens (including phenoxy) is 1. The van der Waals surface area contributed by atoms with Crippen molar-refractivity contribution < 1.29 is 19.1 Å². The van der Waals surface area contributed by atoms with Gasteiger partial charge in [0.2, 0.25) is 11.8 Å². The van der Waals surface area contributed by atoms with Crippen LogP contribution in [0.5, 0.6) is 5.75 Å². The standard InChI is InChI=1S/C22H16BrNO4/c23-15-5-3-12(4-6-15)22(27)28-17-9-7-16(8-10-17)24-20(25)18-13-1-2-14(11-13)19(18)21(24)26/h1-10,13-14,18-19H,11H2/t13-,14-,18-,19+/m0/s1. The molecule has 1 saturated carbocycles. The van der Waals surface area contributed by atoms with Crippen LogP contribution in [0.15, 0.2) is 65.2 Å². The van der Waals surface area contributed by atoms with Gasteiger partial charge >= 0.3 is 5.97 Å². The number of imide groups is 1. The maximum absolute atomic E-state index is 12.8. The molecule has 0 N–H and O–H groups in total. The van der Waals surface area contributed by atoms with E-state index in [9.17, 15) is 14.4 Å². The monoisotopic (exact) mass is 437 g/mol. The minimum Gasteiger partial charge on any atom is -0.423 e. The minimum absolute atomic E-state index is 0.119. The first-order valence-electron chi connectivity index (χ1n) is 9.17. The van der Waals surface area contributed by atoms with Gasteiger partial charge in [0.15, 0.2) is 0 Å². The number of benzene rings is 2. The van der Waals surface area contributed by atoms with E-state index >= 15 is 0 Å². The van der Waals surface area contributed by atoms with E-state index in [1.54, 1.807) is 48.5 Å². The van der Waals surface area contributed by atoms with E-state index in [-0.39, 0.29) is 35.5 Å². The van der Waals surface area contributed by atoms with Crippen molar-refractivity contribution in [1.29, 1.82) is 0 Å². The van der Waals surface area contributed by atoms with Gasteiger partial charge in [0.25, 0.3) is 0 Å². The van der Waals surface area contributed by atoms with Crippen molar-refractivity contribution in [3.63, 3.8) is 0 Å². The average Bonchev–Trinajstić information content (AvgIpc) is 3.37. The molecule has 0 aromatic heterocycles. The molecule has 2 fully saturated rings. The summed E-state index contributed by atoms with van der Waals surface area (Å²) in [7, 11) is 0. The number of halogens is 1. The molecular formula is C22H16BrNO4. The number of anilines is 1. The molecule has 2 amide bonds. The van der Waals surface area contributed by atoms with Crippen LogP contribution in [0.3, 0.4) is 0 Å². The Balaban J connectivity index is 1.33. The highest BCUT2D eigenvalue weighted by atomic mass is 79.9. The summed E-state index contributed by atoms with van der Waals surface area (Å²) in [4.78, 5) is 39.2. The van der Waals surface area contributed by atoms with Crippen molar-refractivity contribution in [3.8, 4) is 5.75 Å². The predicted molar refractivity (Wildman–Crippen MR) is 106 cm³/mol. The van der Waals surface area contributed by atoms with Crippen LogP contribution >= 0.6 is 15.9 Å². The number of fused-ring (bicyclic) bond motifs is 5. The summed E-state index contributed by atoms with van der Waals surface area (Å²) >= 11 is 3.32. The highest BCUT2D eigenvalue weighted by Gasteiger charge is 2.59. The van der Waals surface area contributed by atoms with Gasteiger partial charge in [-0.3, -0.25) is 14.5 Å². The van der Waals surface area contributed by atoms with Gasteiger partial charge in [0.1, 0.15) is 5.75 Å². The maximum Gasteiger partial charge on any atom is 0.343 e. The third-order valence-electron chi connectivity index (χ3n) is 5.86. The van der Waals surface area contributed by atoms with Gasteiger partial charge in [0, 0.05) is 4.47 Å². The Kier molecular flexibility index (Phi) is 3.98. The number of nitrogens with zero attached hydrogens (tertiary/aromatic N) is 1. The number of hydrogen-bond acceptors (Lipinski definition) is 4. The van der Waals surface area contributed by atoms with Gasteiger partial charge in [-0.15, -0.1) is 0 Å². The quantitative estimate of drug-likeness (QED) is 0.315. The van der Waals surface area contributed by atoms with Gasteiger partial charge in [-0.2, -0.15) is 0 Å². The van der Waals surface area contributed by atoms with E-state index in [0.717, 1.165) is 10.9 Å². The molecule has 2 aliphatic carbocycles. The molecule has 5 nitrogen and oxygen atoms in total. The van der Waals surface area contributed by atoms with Crippen molar-refractivity contribution >= 4 is 39.4 Å². The van der Waals surface area contributed by atoms with E-state index in [2.05, 4.69) is 28.1 Å². The molecule has 28 heavy (non-hydrogen) atoms. The normalized spacial score (nSPS) is 27.4. The highest BCUT2D eigenvalue weighted by Crippen LogP contribution is 2.53. The molecule has 1 saturated heterocycles. The summed E-state index contributed by atoms with van der Waals surface area (Å²) in [5.41, 5.74) is 0.959. The van der Waals surface area contributed by atoms with Crippen LogP contribution in [0.2, 0.25) is 0 Å². The van der Waals surface area contributed by atoms with Crippen LogP contribution in [0.25, 0.3) is 0 Å². The molecular weight excluding hydrogens is 422 g/mol. The third-order valence-corrected chi connectivity index (χ3v) is 6.38. The fraction of sp³-hybridized carbons (Fsp3) is 0.227. The van der Waals surface area contributed by atoms with E-state index in [0.29, 0.717) is 17.0 Å². The first kappa shape index (κ1) is 17.4. The molecule has 0 radical (unpaired) electrons. The maximum atomic E-state index is 12.8. The summed E-state index contributed by atoms with van der Waals surface area (Å²) < 4.78 is 6.25. The van der Waals surface area contributed by atoms with Crippen molar-refractivity contribution in [1.82, 2.24) is 0 Å². The van der Waals surface area contributed by atoms with Crippen molar-refractivity contribution in [2.75, 3.05) is 4.90 Å². The van der Waals surface area contributed by atoms with Crippen LogP contribution in [0.4, 0.5) is 5.69 Å². The second-order valence-electron chi connectivity index (χ2n) is 7.40. The Hall–Kier alpha value is -2.73. The Morgan fingerprint density at radius 2 is 1.46 bits per heavy atom. The van der Waals surface area contributed by atoms with Gasteiger partial charge in [-0.25, -0.2) is 4.79 Å². The smallest absolute Gasteiger partial charge is 0.343 e. The summed E-state index contributed by atoms with van der Waals surface area (Å²) in [5.74, 6) is -0.429. The lowest BCUT2D eigenvalue weighted by molar-refractivity contribution is -0.123. The number of carbonyl (C=O) groups excluding carboxylic acids is 3. The Morgan fingerprint density at radius 3 is 2.04 bits per heavy atom. The van der Waals surface area contributed by atoms with Crippen LogP contribution in [-0.2, 0) is 9.59 Å². The van der Waals surface area contributed by atoms with Gasteiger partial charge in [0.05, 0.1) is 23.1 Å². The molecule has 140 valence electrons. The largest absolute Gasteiger partial charge is 0.423 e. The molecule has 3 aliphatic rings. The molecule has 5 rings (SSSR count). The third kappa shape index (κ3) is 2.63. The zero-order chi connectivity index (χ0) is 19.4. The number of esters is 1. The zero-order valence-corrected chi connectivity index (χ0v) is 16.3. The number of carbonyl (C=O) groups is 3. The molecule has 1 heterocycles. The van der Waals surface area contributed by atoms with Gasteiger partial charge in [-0.1, -0.05) is 28.1 Å². The van der Waals surface area contributed by atoms with Crippen LogP contribution in [0.1, 0.15) is 16.8 Å². The topological polar surface area (TPSA) is 63.7 Å². The van der Waals surface area contributed by atoms with Crippen LogP contribution < -0.4 is 9.64 Å². The summed E-state index contributed by atoms with van der Waals surface area (Å²) in [5, 5.41) is 0. The van der Waals surface area contributed by atoms with Gasteiger partial charge < -0.3 is 4.74 Å². The SMILES string of the molecule is O=C(Oc1ccc(N2C(=O)[C@@H]3[C@H](C2=O)[C@H]2C=C[C@H]3C2)cc1)c1ccc(Br)cc1. The second kappa shape index (κ2) is 6.41. The lowest BCUT2D eigenvalue weighted by atomic mass is 9.85. The lowest BCUT2D eigenvalue weighted by Crippen LogP contribution is -2.32. The Labute approximate surface area is 170 Å². The fourth-order valence-electron chi connectivity index (χ4n) is 4.57. The van der Waals surface area contributed by atoms with Crippen LogP contribution in [0, 0.1) is 23.7 Å². The summed E-state index contributed by atoms with van der Waals surface area (Å²) in [6.07, 6.45) is 5.06. The molecule has 0 unspecified atom stereocenters. The summed E-state index contributed by atoms with van der Waals surface area (Å²) in [6, 6.07) is 13.4. The molecule has 1 aliphatic heterocycles. The van der Waals surface area contributed by atoms with Crippen molar-refractivity contribution in [2.24, 2.45) is 23.7 Å². The van der Waals surface area contributed by atoms with E-state index in [1.807, 2.05) is 0 Å². The minimum atomic E-state index is -0.467. The Bertz CT molecular complexity index is 982. The number of rotatable bonds is 3. The number of hydrogen-bond donors (Lipinski definition) is 0. The van der Waals surface area contributed by atoms with Crippen LogP contribution in [-0.4, -0.2) is 17.8 Å². The molecule has 6 heteroatoms. The molecule has 2 aromatic rings.